The zero-order valence-electron chi connectivity index (χ0n) is 13.0. The molecular formula is C16H25N3OS. The number of para-hydroxylation sites is 2. The van der Waals surface area contributed by atoms with Crippen molar-refractivity contribution in [3.8, 4) is 0 Å². The molecule has 1 fully saturated rings. The number of rotatable bonds is 5. The van der Waals surface area contributed by atoms with Crippen LogP contribution in [0.4, 0.5) is 11.4 Å². The second-order valence-electron chi connectivity index (χ2n) is 4.99. The third-order valence-electron chi connectivity index (χ3n) is 3.46. The number of morpholine rings is 1. The number of anilines is 2. The first-order valence-electron chi connectivity index (χ1n) is 7.62. The Hall–Kier alpha value is -1.20. The highest BCUT2D eigenvalue weighted by Gasteiger charge is 2.14. The van der Waals surface area contributed by atoms with Gasteiger partial charge in [-0.3, -0.25) is 4.99 Å². The van der Waals surface area contributed by atoms with E-state index in [1.165, 1.54) is 12.1 Å². The van der Waals surface area contributed by atoms with Crippen molar-refractivity contribution in [1.82, 2.24) is 0 Å². The molecule has 1 N–H and O–H groups in total. The number of benzene rings is 1. The van der Waals surface area contributed by atoms with Gasteiger partial charge in [0.2, 0.25) is 0 Å². The summed E-state index contributed by atoms with van der Waals surface area (Å²) in [6.45, 7) is 6.57. The Balaban J connectivity index is 2.09. The topological polar surface area (TPSA) is 36.9 Å². The van der Waals surface area contributed by atoms with E-state index in [4.69, 9.17) is 4.74 Å². The third-order valence-corrected chi connectivity index (χ3v) is 4.08. The molecule has 1 aromatic rings. The van der Waals surface area contributed by atoms with Crippen molar-refractivity contribution in [2.24, 2.45) is 4.99 Å². The van der Waals surface area contributed by atoms with Crippen LogP contribution in [-0.4, -0.2) is 44.3 Å². The molecule has 0 bridgehead atoms. The highest BCUT2D eigenvalue weighted by atomic mass is 32.2. The second kappa shape index (κ2) is 8.95. The standard InChI is InChI=1S/C16H25N3OS/c1-3-4-9-17-16(21-2)18-14-7-5-6-8-15(14)19-10-12-20-13-11-19/h5-8H,3-4,9-13H2,1-2H3,(H,17,18). The van der Waals surface area contributed by atoms with Crippen molar-refractivity contribution >= 4 is 28.3 Å². The smallest absolute Gasteiger partial charge is 0.160 e. The van der Waals surface area contributed by atoms with Gasteiger partial charge in [-0.05, 0) is 24.8 Å². The molecule has 0 amide bonds. The highest BCUT2D eigenvalue weighted by molar-refractivity contribution is 8.13. The van der Waals surface area contributed by atoms with Crippen molar-refractivity contribution in [2.45, 2.75) is 19.8 Å². The van der Waals surface area contributed by atoms with Gasteiger partial charge in [-0.1, -0.05) is 37.2 Å². The fourth-order valence-electron chi connectivity index (χ4n) is 2.27. The molecule has 1 aliphatic heterocycles. The Kier molecular flexibility index (Phi) is 6.89. The number of ether oxygens (including phenoxy) is 1. The lowest BCUT2D eigenvalue weighted by molar-refractivity contribution is 0.123. The highest BCUT2D eigenvalue weighted by Crippen LogP contribution is 2.27. The van der Waals surface area contributed by atoms with Crippen molar-refractivity contribution in [3.63, 3.8) is 0 Å². The summed E-state index contributed by atoms with van der Waals surface area (Å²) in [4.78, 5) is 7.01. The van der Waals surface area contributed by atoms with E-state index in [-0.39, 0.29) is 0 Å². The first-order chi connectivity index (χ1) is 10.3. The van der Waals surface area contributed by atoms with Gasteiger partial charge in [0.15, 0.2) is 5.17 Å². The quantitative estimate of drug-likeness (QED) is 0.513. The molecule has 5 heteroatoms. The molecule has 2 rings (SSSR count). The maximum absolute atomic E-state index is 5.44. The number of nitrogens with zero attached hydrogens (tertiary/aromatic N) is 2. The molecule has 0 spiro atoms. The zero-order valence-corrected chi connectivity index (χ0v) is 13.8. The molecule has 0 saturated carbocycles. The first kappa shape index (κ1) is 16.2. The van der Waals surface area contributed by atoms with Crippen molar-refractivity contribution in [1.29, 1.82) is 0 Å². The van der Waals surface area contributed by atoms with Gasteiger partial charge in [-0.2, -0.15) is 0 Å². The molecule has 116 valence electrons. The van der Waals surface area contributed by atoms with E-state index in [9.17, 15) is 0 Å². The number of unbranched alkanes of at least 4 members (excludes halogenated alkanes) is 1. The van der Waals surface area contributed by atoms with Gasteiger partial charge in [-0.25, -0.2) is 0 Å². The summed E-state index contributed by atoms with van der Waals surface area (Å²) < 4.78 is 5.44. The summed E-state index contributed by atoms with van der Waals surface area (Å²) >= 11 is 1.67. The van der Waals surface area contributed by atoms with Crippen LogP contribution in [0.3, 0.4) is 0 Å². The average Bonchev–Trinajstić information content (AvgIpc) is 2.55. The van der Waals surface area contributed by atoms with E-state index in [0.29, 0.717) is 0 Å². The summed E-state index contributed by atoms with van der Waals surface area (Å²) in [5.41, 5.74) is 2.36. The second-order valence-corrected chi connectivity index (χ2v) is 5.78. The molecule has 21 heavy (non-hydrogen) atoms. The fourth-order valence-corrected chi connectivity index (χ4v) is 2.70. The number of hydrogen-bond donors (Lipinski definition) is 1. The molecule has 1 aliphatic rings. The monoisotopic (exact) mass is 307 g/mol. The molecule has 1 aromatic carbocycles. The minimum atomic E-state index is 0.800. The van der Waals surface area contributed by atoms with Crippen LogP contribution in [-0.2, 0) is 4.74 Å². The van der Waals surface area contributed by atoms with E-state index in [1.54, 1.807) is 11.8 Å². The Bertz CT molecular complexity index is 459. The summed E-state index contributed by atoms with van der Waals surface area (Å²) in [7, 11) is 0. The van der Waals surface area contributed by atoms with Crippen LogP contribution in [0.15, 0.2) is 29.3 Å². The lowest BCUT2D eigenvalue weighted by Gasteiger charge is -2.30. The predicted molar refractivity (Wildman–Crippen MR) is 93.8 cm³/mol. The van der Waals surface area contributed by atoms with Crippen LogP contribution in [0.25, 0.3) is 0 Å². The Labute approximate surface area is 132 Å². The van der Waals surface area contributed by atoms with Crippen LogP contribution in [0.1, 0.15) is 19.8 Å². The fraction of sp³-hybridized carbons (Fsp3) is 0.562. The van der Waals surface area contributed by atoms with Gasteiger partial charge in [0.25, 0.3) is 0 Å². The molecule has 0 aliphatic carbocycles. The Morgan fingerprint density at radius 1 is 1.33 bits per heavy atom. The molecule has 0 atom stereocenters. The van der Waals surface area contributed by atoms with E-state index in [1.807, 2.05) is 0 Å². The number of aliphatic imine (C=N–C) groups is 1. The van der Waals surface area contributed by atoms with Gasteiger partial charge >= 0.3 is 0 Å². The van der Waals surface area contributed by atoms with Crippen LogP contribution >= 0.6 is 11.8 Å². The lowest BCUT2D eigenvalue weighted by atomic mass is 10.2. The molecule has 1 saturated heterocycles. The SMILES string of the molecule is CCCCN=C(Nc1ccccc1N1CCOCC1)SC. The van der Waals surface area contributed by atoms with E-state index >= 15 is 0 Å². The van der Waals surface area contributed by atoms with Gasteiger partial charge in [0.05, 0.1) is 24.6 Å². The average molecular weight is 307 g/mol. The summed E-state index contributed by atoms with van der Waals surface area (Å²) in [6.07, 6.45) is 4.38. The molecule has 0 unspecified atom stereocenters. The Morgan fingerprint density at radius 2 is 2.10 bits per heavy atom. The van der Waals surface area contributed by atoms with Gasteiger partial charge < -0.3 is 15.0 Å². The molecule has 1 heterocycles. The Morgan fingerprint density at radius 3 is 2.81 bits per heavy atom. The van der Waals surface area contributed by atoms with Crippen LogP contribution in [0.2, 0.25) is 0 Å². The van der Waals surface area contributed by atoms with E-state index in [0.717, 1.165) is 50.1 Å². The van der Waals surface area contributed by atoms with Crippen molar-refractivity contribution < 1.29 is 4.74 Å². The van der Waals surface area contributed by atoms with Crippen molar-refractivity contribution in [2.75, 3.05) is 49.3 Å². The maximum Gasteiger partial charge on any atom is 0.160 e. The number of hydrogen-bond acceptors (Lipinski definition) is 4. The number of amidine groups is 1. The number of nitrogens with one attached hydrogen (secondary N) is 1. The van der Waals surface area contributed by atoms with Crippen molar-refractivity contribution in [3.05, 3.63) is 24.3 Å². The lowest BCUT2D eigenvalue weighted by Crippen LogP contribution is -2.36. The normalized spacial score (nSPS) is 16.1. The van der Waals surface area contributed by atoms with Gasteiger partial charge in [0, 0.05) is 19.6 Å². The van der Waals surface area contributed by atoms with Gasteiger partial charge in [-0.15, -0.1) is 0 Å². The molecule has 0 radical (unpaired) electrons. The first-order valence-corrected chi connectivity index (χ1v) is 8.84. The minimum absolute atomic E-state index is 0.800. The third kappa shape index (κ3) is 4.93. The van der Waals surface area contributed by atoms with Crippen LogP contribution in [0, 0.1) is 0 Å². The minimum Gasteiger partial charge on any atom is -0.378 e. The molecule has 0 aromatic heterocycles. The van der Waals surface area contributed by atoms with E-state index in [2.05, 4.69) is 52.7 Å². The van der Waals surface area contributed by atoms with Crippen LogP contribution < -0.4 is 10.2 Å². The van der Waals surface area contributed by atoms with Gasteiger partial charge in [0.1, 0.15) is 0 Å². The summed E-state index contributed by atoms with van der Waals surface area (Å²) in [5, 5.41) is 4.47. The zero-order chi connectivity index (χ0) is 14.9. The molecule has 4 nitrogen and oxygen atoms in total. The van der Waals surface area contributed by atoms with E-state index < -0.39 is 0 Å². The number of thioether (sulfide) groups is 1. The maximum atomic E-state index is 5.44. The largest absolute Gasteiger partial charge is 0.378 e. The summed E-state index contributed by atoms with van der Waals surface area (Å²) in [6, 6.07) is 8.44. The summed E-state index contributed by atoms with van der Waals surface area (Å²) in [5.74, 6) is 0. The predicted octanol–water partition coefficient (Wildman–Crippen LogP) is 3.45. The molecular weight excluding hydrogens is 282 g/mol. The van der Waals surface area contributed by atoms with Crippen LogP contribution in [0.5, 0.6) is 0 Å².